The minimum atomic E-state index is 0.592. The van der Waals surface area contributed by atoms with Crippen molar-refractivity contribution in [1.29, 1.82) is 0 Å². The van der Waals surface area contributed by atoms with Gasteiger partial charge in [0.05, 0.1) is 13.2 Å². The van der Waals surface area contributed by atoms with Crippen molar-refractivity contribution in [2.24, 2.45) is 0 Å². The van der Waals surface area contributed by atoms with Gasteiger partial charge in [0.1, 0.15) is 12.1 Å². The Hall–Kier alpha value is -1.24. The lowest BCUT2D eigenvalue weighted by atomic mass is 10.0. The van der Waals surface area contributed by atoms with E-state index in [4.69, 9.17) is 4.74 Å². The lowest BCUT2D eigenvalue weighted by Crippen LogP contribution is -2.47. The van der Waals surface area contributed by atoms with E-state index in [9.17, 15) is 0 Å². The van der Waals surface area contributed by atoms with E-state index < -0.39 is 0 Å². The highest BCUT2D eigenvalue weighted by Crippen LogP contribution is 2.19. The molecule has 2 aliphatic rings. The molecule has 0 bridgehead atoms. The zero-order chi connectivity index (χ0) is 15.2. The molecular formula is C16H27N5O. The molecule has 0 saturated carbocycles. The van der Waals surface area contributed by atoms with Crippen molar-refractivity contribution in [3.05, 3.63) is 18.6 Å². The summed E-state index contributed by atoms with van der Waals surface area (Å²) in [7, 11) is 2.15. The van der Waals surface area contributed by atoms with Crippen molar-refractivity contribution in [2.45, 2.75) is 18.9 Å². The van der Waals surface area contributed by atoms with Crippen LogP contribution >= 0.6 is 0 Å². The number of morpholine rings is 1. The molecule has 0 aromatic carbocycles. The summed E-state index contributed by atoms with van der Waals surface area (Å²) < 4.78 is 5.40. The van der Waals surface area contributed by atoms with Gasteiger partial charge in [0.15, 0.2) is 0 Å². The average molecular weight is 305 g/mol. The first-order valence-electron chi connectivity index (χ1n) is 8.34. The summed E-state index contributed by atoms with van der Waals surface area (Å²) in [5, 5.41) is 0. The first kappa shape index (κ1) is 15.6. The molecule has 2 aliphatic heterocycles. The van der Waals surface area contributed by atoms with Gasteiger partial charge in [-0.15, -0.1) is 0 Å². The molecule has 122 valence electrons. The molecule has 1 aromatic heterocycles. The van der Waals surface area contributed by atoms with Crippen molar-refractivity contribution in [2.75, 3.05) is 64.4 Å². The fourth-order valence-corrected chi connectivity index (χ4v) is 3.32. The van der Waals surface area contributed by atoms with Gasteiger partial charge in [0, 0.05) is 58.6 Å². The van der Waals surface area contributed by atoms with E-state index in [0.29, 0.717) is 6.04 Å². The minimum absolute atomic E-state index is 0.592. The van der Waals surface area contributed by atoms with Crippen LogP contribution in [0.2, 0.25) is 0 Å². The Morgan fingerprint density at radius 3 is 2.45 bits per heavy atom. The third-order valence-corrected chi connectivity index (χ3v) is 4.87. The van der Waals surface area contributed by atoms with Gasteiger partial charge < -0.3 is 14.5 Å². The highest BCUT2D eigenvalue weighted by Gasteiger charge is 2.23. The van der Waals surface area contributed by atoms with Crippen molar-refractivity contribution < 1.29 is 4.74 Å². The summed E-state index contributed by atoms with van der Waals surface area (Å²) >= 11 is 0. The van der Waals surface area contributed by atoms with Crippen LogP contribution in [0.1, 0.15) is 12.8 Å². The first-order chi connectivity index (χ1) is 10.8. The van der Waals surface area contributed by atoms with Gasteiger partial charge in [0.25, 0.3) is 0 Å². The predicted octanol–water partition coefficient (Wildman–Crippen LogP) is 0.709. The Balaban J connectivity index is 1.40. The highest BCUT2D eigenvalue weighted by molar-refractivity contribution is 5.36. The number of likely N-dealkylation sites (tertiary alicyclic amines) is 1. The molecule has 0 atom stereocenters. The molecule has 2 saturated heterocycles. The van der Waals surface area contributed by atoms with Crippen molar-refractivity contribution >= 4 is 5.82 Å². The normalized spacial score (nSPS) is 21.9. The van der Waals surface area contributed by atoms with Gasteiger partial charge in [-0.3, -0.25) is 4.90 Å². The van der Waals surface area contributed by atoms with E-state index in [1.165, 1.54) is 39.0 Å². The number of anilines is 1. The van der Waals surface area contributed by atoms with Crippen molar-refractivity contribution in [3.63, 3.8) is 0 Å². The van der Waals surface area contributed by atoms with E-state index in [1.807, 2.05) is 12.3 Å². The Morgan fingerprint density at radius 1 is 1.14 bits per heavy atom. The van der Waals surface area contributed by atoms with E-state index in [1.54, 1.807) is 6.33 Å². The van der Waals surface area contributed by atoms with Crippen LogP contribution in [0.15, 0.2) is 18.6 Å². The second-order valence-electron chi connectivity index (χ2n) is 6.21. The third-order valence-electron chi connectivity index (χ3n) is 4.87. The van der Waals surface area contributed by atoms with Crippen molar-refractivity contribution in [1.82, 2.24) is 19.8 Å². The third kappa shape index (κ3) is 4.15. The summed E-state index contributed by atoms with van der Waals surface area (Å²) in [5.74, 6) is 1.03. The maximum atomic E-state index is 5.40. The zero-order valence-electron chi connectivity index (χ0n) is 13.5. The van der Waals surface area contributed by atoms with Gasteiger partial charge in [-0.2, -0.15) is 0 Å². The van der Waals surface area contributed by atoms with Crippen LogP contribution in [-0.4, -0.2) is 85.3 Å². The van der Waals surface area contributed by atoms with Gasteiger partial charge >= 0.3 is 0 Å². The first-order valence-corrected chi connectivity index (χ1v) is 8.34. The van der Waals surface area contributed by atoms with E-state index in [0.717, 1.165) is 32.1 Å². The molecule has 3 heterocycles. The molecule has 0 spiro atoms. The molecule has 2 fully saturated rings. The molecule has 6 heteroatoms. The Labute approximate surface area is 133 Å². The SMILES string of the molecule is CN(c1ccncn1)C1CCN(CCN2CCOCC2)CC1. The van der Waals surface area contributed by atoms with E-state index in [2.05, 4.69) is 31.7 Å². The summed E-state index contributed by atoms with van der Waals surface area (Å²) in [5.41, 5.74) is 0. The predicted molar refractivity (Wildman–Crippen MR) is 87.2 cm³/mol. The molecule has 0 radical (unpaired) electrons. The molecule has 1 aromatic rings. The quantitative estimate of drug-likeness (QED) is 0.798. The largest absolute Gasteiger partial charge is 0.379 e. The maximum absolute atomic E-state index is 5.40. The van der Waals surface area contributed by atoms with Gasteiger partial charge in [-0.05, 0) is 18.9 Å². The number of aromatic nitrogens is 2. The molecule has 3 rings (SSSR count). The maximum Gasteiger partial charge on any atom is 0.131 e. The van der Waals surface area contributed by atoms with Crippen molar-refractivity contribution in [3.8, 4) is 0 Å². The number of ether oxygens (including phenoxy) is 1. The fraction of sp³-hybridized carbons (Fsp3) is 0.750. The summed E-state index contributed by atoms with van der Waals surface area (Å²) in [4.78, 5) is 15.8. The summed E-state index contributed by atoms with van der Waals surface area (Å²) in [6.45, 7) is 8.70. The van der Waals surface area contributed by atoms with Crippen LogP contribution in [0.25, 0.3) is 0 Å². The number of rotatable bonds is 5. The average Bonchev–Trinajstić information content (AvgIpc) is 2.61. The second-order valence-corrected chi connectivity index (χ2v) is 6.21. The number of piperidine rings is 1. The fourth-order valence-electron chi connectivity index (χ4n) is 3.32. The summed E-state index contributed by atoms with van der Waals surface area (Å²) in [6.07, 6.45) is 5.87. The van der Waals surface area contributed by atoms with Gasteiger partial charge in [-0.25, -0.2) is 9.97 Å². The second kappa shape index (κ2) is 7.85. The van der Waals surface area contributed by atoms with Crippen LogP contribution in [0.5, 0.6) is 0 Å². The zero-order valence-corrected chi connectivity index (χ0v) is 13.5. The Kier molecular flexibility index (Phi) is 5.58. The van der Waals surface area contributed by atoms with E-state index >= 15 is 0 Å². The molecule has 22 heavy (non-hydrogen) atoms. The van der Waals surface area contributed by atoms with Crippen LogP contribution < -0.4 is 4.90 Å². The molecule has 0 amide bonds. The van der Waals surface area contributed by atoms with Crippen LogP contribution in [-0.2, 0) is 4.74 Å². The summed E-state index contributed by atoms with van der Waals surface area (Å²) in [6, 6.07) is 2.58. The van der Waals surface area contributed by atoms with Gasteiger partial charge in [-0.1, -0.05) is 0 Å². The van der Waals surface area contributed by atoms with Crippen LogP contribution in [0.4, 0.5) is 5.82 Å². The number of hydrogen-bond donors (Lipinski definition) is 0. The smallest absolute Gasteiger partial charge is 0.131 e. The molecule has 0 aliphatic carbocycles. The monoisotopic (exact) mass is 305 g/mol. The Morgan fingerprint density at radius 2 is 1.82 bits per heavy atom. The van der Waals surface area contributed by atoms with Crippen LogP contribution in [0.3, 0.4) is 0 Å². The number of nitrogens with zero attached hydrogens (tertiary/aromatic N) is 5. The minimum Gasteiger partial charge on any atom is -0.379 e. The molecular weight excluding hydrogens is 278 g/mol. The van der Waals surface area contributed by atoms with Gasteiger partial charge in [0.2, 0.25) is 0 Å². The lowest BCUT2D eigenvalue weighted by Gasteiger charge is -2.38. The van der Waals surface area contributed by atoms with E-state index in [-0.39, 0.29) is 0 Å². The molecule has 0 unspecified atom stereocenters. The highest BCUT2D eigenvalue weighted by atomic mass is 16.5. The Bertz CT molecular complexity index is 429. The standard InChI is InChI=1S/C16H27N5O/c1-19(16-2-5-17-14-18-16)15-3-6-20(7-4-15)8-9-21-10-12-22-13-11-21/h2,5,14-15H,3-4,6-13H2,1H3. The van der Waals surface area contributed by atoms with Crippen LogP contribution in [0, 0.1) is 0 Å². The lowest BCUT2D eigenvalue weighted by molar-refractivity contribution is 0.0321. The topological polar surface area (TPSA) is 44.7 Å². The number of hydrogen-bond acceptors (Lipinski definition) is 6. The molecule has 6 nitrogen and oxygen atoms in total. The molecule has 0 N–H and O–H groups in total.